The molecular formula is C17H17Cl2NO3. The van der Waals surface area contributed by atoms with Crippen LogP contribution in [0.25, 0.3) is 0 Å². The third-order valence-corrected chi connectivity index (χ3v) is 3.57. The highest BCUT2D eigenvalue weighted by molar-refractivity contribution is 6.35. The van der Waals surface area contributed by atoms with Crippen LogP contribution in [0.2, 0.25) is 10.0 Å². The number of methoxy groups -OCH3 is 1. The van der Waals surface area contributed by atoms with E-state index >= 15 is 0 Å². The molecule has 23 heavy (non-hydrogen) atoms. The molecule has 4 nitrogen and oxygen atoms in total. The largest absolute Gasteiger partial charge is 0.493 e. The molecule has 2 aromatic carbocycles. The summed E-state index contributed by atoms with van der Waals surface area (Å²) in [5.41, 5.74) is 0.523. The Balaban J connectivity index is 2.12. The standard InChI is InChI=1S/C17H17Cl2NO3/c1-3-14(23-16-7-5-4-6-15(16)22-2)17(21)20-13-9-11(18)8-12(19)10-13/h4-10,14H,3H2,1-2H3,(H,20,21)/t14-/m1/s1. The first-order chi connectivity index (χ1) is 11.0. The summed E-state index contributed by atoms with van der Waals surface area (Å²) in [5, 5.41) is 3.66. The van der Waals surface area contributed by atoms with Crippen molar-refractivity contribution < 1.29 is 14.3 Å². The number of benzene rings is 2. The molecule has 0 unspecified atom stereocenters. The molecule has 0 aliphatic rings. The van der Waals surface area contributed by atoms with Crippen molar-refractivity contribution >= 4 is 34.8 Å². The average Bonchev–Trinajstić information content (AvgIpc) is 2.51. The molecule has 2 rings (SSSR count). The summed E-state index contributed by atoms with van der Waals surface area (Å²) in [6, 6.07) is 12.0. The van der Waals surface area contributed by atoms with Crippen LogP contribution in [0.1, 0.15) is 13.3 Å². The third-order valence-electron chi connectivity index (χ3n) is 3.13. The maximum Gasteiger partial charge on any atom is 0.265 e. The molecule has 2 aromatic rings. The Morgan fingerprint density at radius 2 is 1.74 bits per heavy atom. The lowest BCUT2D eigenvalue weighted by atomic mass is 10.2. The first kappa shape index (κ1) is 17.4. The van der Waals surface area contributed by atoms with E-state index in [1.54, 1.807) is 37.4 Å². The van der Waals surface area contributed by atoms with E-state index in [9.17, 15) is 4.79 Å². The number of carbonyl (C=O) groups excluding carboxylic acids is 1. The van der Waals surface area contributed by atoms with E-state index in [4.69, 9.17) is 32.7 Å². The lowest BCUT2D eigenvalue weighted by Crippen LogP contribution is -2.32. The lowest BCUT2D eigenvalue weighted by molar-refractivity contribution is -0.122. The highest BCUT2D eigenvalue weighted by atomic mass is 35.5. The number of halogens is 2. The Morgan fingerprint density at radius 3 is 2.30 bits per heavy atom. The van der Waals surface area contributed by atoms with Gasteiger partial charge in [0.2, 0.25) is 0 Å². The van der Waals surface area contributed by atoms with Gasteiger partial charge in [-0.3, -0.25) is 4.79 Å². The molecule has 0 aliphatic heterocycles. The van der Waals surface area contributed by atoms with Crippen LogP contribution >= 0.6 is 23.2 Å². The van der Waals surface area contributed by atoms with E-state index in [2.05, 4.69) is 5.32 Å². The normalized spacial score (nSPS) is 11.7. The van der Waals surface area contributed by atoms with Crippen LogP contribution in [-0.2, 0) is 4.79 Å². The van der Waals surface area contributed by atoms with Crippen molar-refractivity contribution in [3.05, 3.63) is 52.5 Å². The molecule has 1 amide bonds. The Kier molecular flexibility index (Phi) is 6.13. The van der Waals surface area contributed by atoms with Crippen LogP contribution in [0.3, 0.4) is 0 Å². The summed E-state index contributed by atoms with van der Waals surface area (Å²) >= 11 is 11.9. The molecule has 0 bridgehead atoms. The summed E-state index contributed by atoms with van der Waals surface area (Å²) in [6.07, 6.45) is -0.165. The van der Waals surface area contributed by atoms with Crippen LogP contribution in [0.4, 0.5) is 5.69 Å². The molecule has 1 N–H and O–H groups in total. The number of amides is 1. The van der Waals surface area contributed by atoms with Gasteiger partial charge in [0, 0.05) is 15.7 Å². The molecule has 0 aromatic heterocycles. The minimum atomic E-state index is -0.663. The zero-order valence-corrected chi connectivity index (χ0v) is 14.3. The molecule has 1 atom stereocenters. The second-order valence-corrected chi connectivity index (χ2v) is 5.69. The molecular weight excluding hydrogens is 337 g/mol. The number of para-hydroxylation sites is 2. The van der Waals surface area contributed by atoms with E-state index in [-0.39, 0.29) is 5.91 Å². The van der Waals surface area contributed by atoms with Gasteiger partial charge in [-0.05, 0) is 36.8 Å². The van der Waals surface area contributed by atoms with E-state index in [0.29, 0.717) is 33.7 Å². The highest BCUT2D eigenvalue weighted by Crippen LogP contribution is 2.28. The lowest BCUT2D eigenvalue weighted by Gasteiger charge is -2.19. The predicted molar refractivity (Wildman–Crippen MR) is 92.8 cm³/mol. The third kappa shape index (κ3) is 4.78. The summed E-state index contributed by atoms with van der Waals surface area (Å²) in [6.45, 7) is 1.87. The van der Waals surface area contributed by atoms with Crippen LogP contribution in [0.15, 0.2) is 42.5 Å². The Hall–Kier alpha value is -1.91. The summed E-state index contributed by atoms with van der Waals surface area (Å²) in [4.78, 5) is 12.4. The van der Waals surface area contributed by atoms with E-state index in [1.807, 2.05) is 19.1 Å². The Morgan fingerprint density at radius 1 is 1.13 bits per heavy atom. The second-order valence-electron chi connectivity index (χ2n) is 4.81. The smallest absolute Gasteiger partial charge is 0.265 e. The maximum absolute atomic E-state index is 12.4. The number of anilines is 1. The first-order valence-electron chi connectivity index (χ1n) is 7.10. The second kappa shape index (κ2) is 8.09. The molecule has 0 radical (unpaired) electrons. The van der Waals surface area contributed by atoms with Crippen LogP contribution in [0, 0.1) is 0 Å². The van der Waals surface area contributed by atoms with Gasteiger partial charge in [-0.15, -0.1) is 0 Å². The van der Waals surface area contributed by atoms with E-state index in [1.165, 1.54) is 0 Å². The maximum atomic E-state index is 12.4. The van der Waals surface area contributed by atoms with Crippen molar-refractivity contribution in [2.24, 2.45) is 0 Å². The van der Waals surface area contributed by atoms with Gasteiger partial charge in [0.1, 0.15) is 0 Å². The fraction of sp³-hybridized carbons (Fsp3) is 0.235. The zero-order valence-electron chi connectivity index (χ0n) is 12.8. The van der Waals surface area contributed by atoms with E-state index < -0.39 is 6.10 Å². The molecule has 0 saturated heterocycles. The Labute approximate surface area is 145 Å². The first-order valence-corrected chi connectivity index (χ1v) is 7.85. The van der Waals surface area contributed by atoms with Crippen molar-refractivity contribution in [3.8, 4) is 11.5 Å². The van der Waals surface area contributed by atoms with Crippen molar-refractivity contribution in [2.45, 2.75) is 19.4 Å². The number of hydrogen-bond donors (Lipinski definition) is 1. The van der Waals surface area contributed by atoms with Crippen molar-refractivity contribution in [1.29, 1.82) is 0 Å². The van der Waals surface area contributed by atoms with Gasteiger partial charge in [-0.2, -0.15) is 0 Å². The minimum absolute atomic E-state index is 0.281. The van der Waals surface area contributed by atoms with Gasteiger partial charge in [-0.1, -0.05) is 42.3 Å². The fourth-order valence-electron chi connectivity index (χ4n) is 2.04. The van der Waals surface area contributed by atoms with Gasteiger partial charge in [0.15, 0.2) is 17.6 Å². The monoisotopic (exact) mass is 353 g/mol. The Bertz CT molecular complexity index is 671. The minimum Gasteiger partial charge on any atom is -0.493 e. The van der Waals surface area contributed by atoms with Gasteiger partial charge in [0.05, 0.1) is 7.11 Å². The molecule has 0 spiro atoms. The SMILES string of the molecule is CC[C@@H](Oc1ccccc1OC)C(=O)Nc1cc(Cl)cc(Cl)c1. The molecule has 0 aliphatic carbocycles. The number of carbonyl (C=O) groups is 1. The quantitative estimate of drug-likeness (QED) is 0.811. The summed E-state index contributed by atoms with van der Waals surface area (Å²) < 4.78 is 11.0. The van der Waals surface area contributed by atoms with Crippen molar-refractivity contribution in [3.63, 3.8) is 0 Å². The number of ether oxygens (including phenoxy) is 2. The number of hydrogen-bond acceptors (Lipinski definition) is 3. The van der Waals surface area contributed by atoms with Gasteiger partial charge in [-0.25, -0.2) is 0 Å². The van der Waals surface area contributed by atoms with Crippen molar-refractivity contribution in [1.82, 2.24) is 0 Å². The van der Waals surface area contributed by atoms with Crippen LogP contribution < -0.4 is 14.8 Å². The van der Waals surface area contributed by atoms with Gasteiger partial charge >= 0.3 is 0 Å². The molecule has 122 valence electrons. The summed E-state index contributed by atoms with van der Waals surface area (Å²) in [7, 11) is 1.55. The van der Waals surface area contributed by atoms with Crippen molar-refractivity contribution in [2.75, 3.05) is 12.4 Å². The summed E-state index contributed by atoms with van der Waals surface area (Å²) in [5.74, 6) is 0.808. The van der Waals surface area contributed by atoms with Crippen LogP contribution in [-0.4, -0.2) is 19.1 Å². The number of rotatable bonds is 6. The van der Waals surface area contributed by atoms with E-state index in [0.717, 1.165) is 0 Å². The highest BCUT2D eigenvalue weighted by Gasteiger charge is 2.20. The van der Waals surface area contributed by atoms with Gasteiger partial charge in [0.25, 0.3) is 5.91 Å². The predicted octanol–water partition coefficient (Wildman–Crippen LogP) is 4.80. The number of nitrogens with one attached hydrogen (secondary N) is 1. The molecule has 0 heterocycles. The zero-order chi connectivity index (χ0) is 16.8. The molecule has 0 saturated carbocycles. The molecule has 6 heteroatoms. The molecule has 0 fully saturated rings. The van der Waals surface area contributed by atoms with Gasteiger partial charge < -0.3 is 14.8 Å². The average molecular weight is 354 g/mol. The topological polar surface area (TPSA) is 47.6 Å². The fourth-order valence-corrected chi connectivity index (χ4v) is 2.57. The van der Waals surface area contributed by atoms with Crippen LogP contribution in [0.5, 0.6) is 11.5 Å².